The molecule has 0 aliphatic carbocycles. The van der Waals surface area contributed by atoms with Gasteiger partial charge in [-0.05, 0) is 34.5 Å². The Labute approximate surface area is 113 Å². The molecule has 2 aromatic rings. The topological polar surface area (TPSA) is 55.9 Å². The lowest BCUT2D eigenvalue weighted by Crippen LogP contribution is -2.31. The molecule has 0 saturated heterocycles. The van der Waals surface area contributed by atoms with E-state index < -0.39 is 6.04 Å². The van der Waals surface area contributed by atoms with Crippen LogP contribution in [0.4, 0.5) is 4.39 Å². The molecule has 6 heteroatoms. The van der Waals surface area contributed by atoms with Gasteiger partial charge in [0, 0.05) is 12.6 Å². The van der Waals surface area contributed by atoms with E-state index in [-0.39, 0.29) is 5.82 Å². The van der Waals surface area contributed by atoms with Crippen molar-refractivity contribution in [1.82, 2.24) is 15.2 Å². The number of hydrogen-bond acceptors (Lipinski definition) is 3. The number of hydrogen-bond donors (Lipinski definition) is 2. The minimum absolute atomic E-state index is 0.286. The summed E-state index contributed by atoms with van der Waals surface area (Å²) in [5.41, 5.74) is 4.77. The zero-order valence-corrected chi connectivity index (χ0v) is 11.7. The van der Waals surface area contributed by atoms with Gasteiger partial charge in [-0.3, -0.25) is 10.5 Å². The standard InChI is InChI=1S/C12H14BrFN4/c1-7-3-4-8(10(14)5-7)11(17-15)12-9(13)6-16-18(12)2/h3-6,11,17H,15H2,1-2H3. The van der Waals surface area contributed by atoms with E-state index >= 15 is 0 Å². The molecule has 0 fully saturated rings. The minimum Gasteiger partial charge on any atom is -0.271 e. The number of nitrogens with one attached hydrogen (secondary N) is 1. The third kappa shape index (κ3) is 2.31. The van der Waals surface area contributed by atoms with Gasteiger partial charge in [-0.25, -0.2) is 9.82 Å². The van der Waals surface area contributed by atoms with Gasteiger partial charge >= 0.3 is 0 Å². The van der Waals surface area contributed by atoms with Crippen molar-refractivity contribution in [3.05, 3.63) is 51.5 Å². The second-order valence-corrected chi connectivity index (χ2v) is 4.98. The minimum atomic E-state index is -0.451. The van der Waals surface area contributed by atoms with E-state index in [0.29, 0.717) is 5.56 Å². The van der Waals surface area contributed by atoms with Crippen LogP contribution in [-0.4, -0.2) is 9.78 Å². The van der Waals surface area contributed by atoms with Crippen LogP contribution in [-0.2, 0) is 7.05 Å². The smallest absolute Gasteiger partial charge is 0.128 e. The van der Waals surface area contributed by atoms with E-state index in [0.717, 1.165) is 15.7 Å². The molecule has 96 valence electrons. The van der Waals surface area contributed by atoms with E-state index in [1.54, 1.807) is 24.0 Å². The number of benzene rings is 1. The maximum atomic E-state index is 14.0. The molecule has 0 amide bonds. The Morgan fingerprint density at radius 2 is 2.22 bits per heavy atom. The van der Waals surface area contributed by atoms with Gasteiger partial charge in [0.25, 0.3) is 0 Å². The van der Waals surface area contributed by atoms with Gasteiger partial charge in [-0.2, -0.15) is 5.10 Å². The van der Waals surface area contributed by atoms with Crippen LogP contribution in [0, 0.1) is 12.7 Å². The van der Waals surface area contributed by atoms with Crippen LogP contribution in [0.1, 0.15) is 22.9 Å². The Hall–Kier alpha value is -1.24. The van der Waals surface area contributed by atoms with Gasteiger partial charge in [0.15, 0.2) is 0 Å². The molecule has 18 heavy (non-hydrogen) atoms. The summed E-state index contributed by atoms with van der Waals surface area (Å²) >= 11 is 3.39. The number of rotatable bonds is 3. The Balaban J connectivity index is 2.52. The summed E-state index contributed by atoms with van der Waals surface area (Å²) in [7, 11) is 1.79. The van der Waals surface area contributed by atoms with Crippen LogP contribution in [0.2, 0.25) is 0 Å². The van der Waals surface area contributed by atoms with E-state index in [2.05, 4.69) is 26.5 Å². The lowest BCUT2D eigenvalue weighted by molar-refractivity contribution is 0.531. The van der Waals surface area contributed by atoms with Gasteiger partial charge < -0.3 is 0 Å². The van der Waals surface area contributed by atoms with E-state index in [4.69, 9.17) is 5.84 Å². The first-order valence-electron chi connectivity index (χ1n) is 5.44. The Kier molecular flexibility index (Phi) is 3.79. The summed E-state index contributed by atoms with van der Waals surface area (Å²) < 4.78 is 16.4. The van der Waals surface area contributed by atoms with Crippen LogP contribution in [0.3, 0.4) is 0 Å². The molecule has 2 rings (SSSR count). The Morgan fingerprint density at radius 3 is 2.72 bits per heavy atom. The second-order valence-electron chi connectivity index (χ2n) is 4.13. The average molecular weight is 313 g/mol. The first-order chi connectivity index (χ1) is 8.54. The van der Waals surface area contributed by atoms with Gasteiger partial charge in [0.05, 0.1) is 22.4 Å². The summed E-state index contributed by atoms with van der Waals surface area (Å²) in [4.78, 5) is 0. The van der Waals surface area contributed by atoms with Crippen molar-refractivity contribution in [2.45, 2.75) is 13.0 Å². The zero-order chi connectivity index (χ0) is 13.3. The second kappa shape index (κ2) is 5.17. The van der Waals surface area contributed by atoms with Crippen LogP contribution in [0.5, 0.6) is 0 Å². The lowest BCUT2D eigenvalue weighted by atomic mass is 10.0. The maximum absolute atomic E-state index is 14.0. The molecule has 3 N–H and O–H groups in total. The predicted molar refractivity (Wildman–Crippen MR) is 71.2 cm³/mol. The van der Waals surface area contributed by atoms with Crippen molar-refractivity contribution in [3.63, 3.8) is 0 Å². The number of aryl methyl sites for hydroxylation is 2. The quantitative estimate of drug-likeness (QED) is 0.674. The van der Waals surface area contributed by atoms with Gasteiger partial charge in [-0.1, -0.05) is 12.1 Å². The van der Waals surface area contributed by atoms with Crippen LogP contribution < -0.4 is 11.3 Å². The van der Waals surface area contributed by atoms with Crippen LogP contribution in [0.25, 0.3) is 0 Å². The Morgan fingerprint density at radius 1 is 1.50 bits per heavy atom. The highest BCUT2D eigenvalue weighted by Crippen LogP contribution is 2.29. The Bertz CT molecular complexity index is 548. The zero-order valence-electron chi connectivity index (χ0n) is 10.1. The lowest BCUT2D eigenvalue weighted by Gasteiger charge is -2.18. The molecule has 1 unspecified atom stereocenters. The number of halogens is 2. The van der Waals surface area contributed by atoms with Gasteiger partial charge in [0.2, 0.25) is 0 Å². The molecular weight excluding hydrogens is 299 g/mol. The molecular formula is C12H14BrFN4. The molecule has 0 radical (unpaired) electrons. The van der Waals surface area contributed by atoms with Crippen molar-refractivity contribution >= 4 is 15.9 Å². The number of nitrogens with zero attached hydrogens (tertiary/aromatic N) is 2. The van der Waals surface area contributed by atoms with Crippen molar-refractivity contribution < 1.29 is 4.39 Å². The average Bonchev–Trinajstić information content (AvgIpc) is 2.64. The molecule has 0 saturated carbocycles. The van der Waals surface area contributed by atoms with Crippen molar-refractivity contribution in [1.29, 1.82) is 0 Å². The molecule has 1 heterocycles. The fraction of sp³-hybridized carbons (Fsp3) is 0.250. The largest absolute Gasteiger partial charge is 0.271 e. The fourth-order valence-electron chi connectivity index (χ4n) is 1.93. The van der Waals surface area contributed by atoms with E-state index in [1.165, 1.54) is 6.07 Å². The first-order valence-corrected chi connectivity index (χ1v) is 6.23. The fourth-order valence-corrected chi connectivity index (χ4v) is 2.50. The SMILES string of the molecule is Cc1ccc(C(NN)c2c(Br)cnn2C)c(F)c1. The highest BCUT2D eigenvalue weighted by molar-refractivity contribution is 9.10. The number of nitrogens with two attached hydrogens (primary N) is 1. The molecule has 1 aromatic carbocycles. The molecule has 1 aromatic heterocycles. The molecule has 0 spiro atoms. The van der Waals surface area contributed by atoms with Gasteiger partial charge in [-0.15, -0.1) is 0 Å². The molecule has 4 nitrogen and oxygen atoms in total. The van der Waals surface area contributed by atoms with Crippen molar-refractivity contribution in [3.8, 4) is 0 Å². The normalized spacial score (nSPS) is 12.7. The molecule has 0 aliphatic rings. The molecule has 1 atom stereocenters. The highest BCUT2D eigenvalue weighted by Gasteiger charge is 2.22. The van der Waals surface area contributed by atoms with Gasteiger partial charge in [0.1, 0.15) is 5.82 Å². The number of aromatic nitrogens is 2. The summed E-state index contributed by atoms with van der Waals surface area (Å²) in [6.07, 6.45) is 1.66. The van der Waals surface area contributed by atoms with Crippen LogP contribution >= 0.6 is 15.9 Å². The number of hydrazine groups is 1. The third-order valence-electron chi connectivity index (χ3n) is 2.84. The van der Waals surface area contributed by atoms with E-state index in [1.807, 2.05) is 13.0 Å². The van der Waals surface area contributed by atoms with Crippen LogP contribution in [0.15, 0.2) is 28.9 Å². The predicted octanol–water partition coefficient (Wildman–Crippen LogP) is 2.18. The third-order valence-corrected chi connectivity index (χ3v) is 3.46. The van der Waals surface area contributed by atoms with E-state index in [9.17, 15) is 4.39 Å². The summed E-state index contributed by atoms with van der Waals surface area (Å²) in [5.74, 6) is 5.28. The maximum Gasteiger partial charge on any atom is 0.128 e. The first kappa shape index (κ1) is 13.2. The summed E-state index contributed by atoms with van der Waals surface area (Å²) in [5, 5.41) is 4.11. The molecule has 0 bridgehead atoms. The highest BCUT2D eigenvalue weighted by atomic mass is 79.9. The van der Waals surface area contributed by atoms with Crippen molar-refractivity contribution in [2.75, 3.05) is 0 Å². The molecule has 0 aliphatic heterocycles. The summed E-state index contributed by atoms with van der Waals surface area (Å²) in [6, 6.07) is 4.62. The summed E-state index contributed by atoms with van der Waals surface area (Å²) in [6.45, 7) is 1.84. The van der Waals surface area contributed by atoms with Crippen molar-refractivity contribution in [2.24, 2.45) is 12.9 Å². The monoisotopic (exact) mass is 312 g/mol.